The summed E-state index contributed by atoms with van der Waals surface area (Å²) >= 11 is 2.58. The summed E-state index contributed by atoms with van der Waals surface area (Å²) in [5.74, 6) is 1.56. The Morgan fingerprint density at radius 2 is 2.15 bits per heavy atom. The van der Waals surface area contributed by atoms with E-state index >= 15 is 0 Å². The van der Waals surface area contributed by atoms with E-state index in [-0.39, 0.29) is 11.7 Å². The van der Waals surface area contributed by atoms with Crippen molar-refractivity contribution in [2.45, 2.75) is 25.6 Å². The first kappa shape index (κ1) is 18.3. The normalized spacial score (nSPS) is 10.7. The predicted molar refractivity (Wildman–Crippen MR) is 101 cm³/mol. The molecule has 0 aliphatic heterocycles. The zero-order valence-electron chi connectivity index (χ0n) is 14.6. The monoisotopic (exact) mass is 390 g/mol. The SMILES string of the molecule is Cc1ccc(OCc2nnc(SCC(=O)Nc3nncs3)n2C)c(C)c1. The molecular formula is C16H18N6O2S2. The van der Waals surface area contributed by atoms with E-state index in [0.717, 1.165) is 11.3 Å². The summed E-state index contributed by atoms with van der Waals surface area (Å²) in [6.45, 7) is 4.37. The number of carbonyl (C=O) groups is 1. The molecule has 1 amide bonds. The first-order valence-corrected chi connectivity index (χ1v) is 9.66. The molecule has 0 radical (unpaired) electrons. The van der Waals surface area contributed by atoms with Gasteiger partial charge in [-0.2, -0.15) is 0 Å². The van der Waals surface area contributed by atoms with Crippen LogP contribution in [0.3, 0.4) is 0 Å². The van der Waals surface area contributed by atoms with Crippen LogP contribution in [0, 0.1) is 13.8 Å². The van der Waals surface area contributed by atoms with Gasteiger partial charge in [0.2, 0.25) is 11.0 Å². The maximum Gasteiger partial charge on any atom is 0.236 e. The molecule has 1 N–H and O–H groups in total. The number of anilines is 1. The summed E-state index contributed by atoms with van der Waals surface area (Å²) in [5.41, 5.74) is 3.84. The molecule has 1 aromatic carbocycles. The number of nitrogens with one attached hydrogen (secondary N) is 1. The van der Waals surface area contributed by atoms with E-state index in [1.807, 2.05) is 37.6 Å². The molecule has 10 heteroatoms. The quantitative estimate of drug-likeness (QED) is 0.620. The number of ether oxygens (including phenoxy) is 1. The molecule has 0 bridgehead atoms. The van der Waals surface area contributed by atoms with Crippen LogP contribution in [-0.4, -0.2) is 36.6 Å². The molecule has 0 unspecified atom stereocenters. The lowest BCUT2D eigenvalue weighted by atomic mass is 10.1. The standard InChI is InChI=1S/C16H18N6O2S2/c1-10-4-5-12(11(2)6-10)24-7-13-19-21-16(22(13)3)25-8-14(23)18-15-20-17-9-26-15/h4-6,9H,7-8H2,1-3H3,(H,18,20,23). The Balaban J connectivity index is 1.54. The first-order valence-electron chi connectivity index (χ1n) is 7.80. The lowest BCUT2D eigenvalue weighted by molar-refractivity contribution is -0.113. The van der Waals surface area contributed by atoms with Crippen molar-refractivity contribution in [1.29, 1.82) is 0 Å². The van der Waals surface area contributed by atoms with Crippen molar-refractivity contribution in [3.8, 4) is 5.75 Å². The van der Waals surface area contributed by atoms with Gasteiger partial charge in [-0.05, 0) is 25.5 Å². The summed E-state index contributed by atoms with van der Waals surface area (Å²) in [6.07, 6.45) is 0. The summed E-state index contributed by atoms with van der Waals surface area (Å²) in [5, 5.41) is 19.5. The molecule has 3 rings (SSSR count). The van der Waals surface area contributed by atoms with Gasteiger partial charge in [0, 0.05) is 7.05 Å². The lowest BCUT2D eigenvalue weighted by Crippen LogP contribution is -2.14. The van der Waals surface area contributed by atoms with E-state index in [9.17, 15) is 4.79 Å². The Hall–Kier alpha value is -2.46. The van der Waals surface area contributed by atoms with E-state index in [1.165, 1.54) is 28.7 Å². The minimum absolute atomic E-state index is 0.164. The van der Waals surface area contributed by atoms with Crippen LogP contribution >= 0.6 is 23.1 Å². The fourth-order valence-electron chi connectivity index (χ4n) is 2.21. The van der Waals surface area contributed by atoms with Gasteiger partial charge in [0.25, 0.3) is 0 Å². The molecule has 0 fully saturated rings. The number of nitrogens with zero attached hydrogens (tertiary/aromatic N) is 5. The zero-order chi connectivity index (χ0) is 18.5. The van der Waals surface area contributed by atoms with Gasteiger partial charge < -0.3 is 9.30 Å². The van der Waals surface area contributed by atoms with Crippen LogP contribution in [0.4, 0.5) is 5.13 Å². The van der Waals surface area contributed by atoms with E-state index in [0.29, 0.717) is 22.7 Å². The van der Waals surface area contributed by atoms with Gasteiger partial charge in [-0.1, -0.05) is 40.8 Å². The highest BCUT2D eigenvalue weighted by Crippen LogP contribution is 2.21. The topological polar surface area (TPSA) is 94.8 Å². The number of rotatable bonds is 7. The number of hydrogen-bond acceptors (Lipinski definition) is 8. The maximum atomic E-state index is 11.9. The molecular weight excluding hydrogens is 372 g/mol. The average Bonchev–Trinajstić information content (AvgIpc) is 3.23. The van der Waals surface area contributed by atoms with Crippen LogP contribution in [0.5, 0.6) is 5.75 Å². The highest BCUT2D eigenvalue weighted by Gasteiger charge is 2.13. The Kier molecular flexibility index (Phi) is 5.84. The van der Waals surface area contributed by atoms with Crippen LogP contribution in [0.15, 0.2) is 28.9 Å². The van der Waals surface area contributed by atoms with Gasteiger partial charge in [0.1, 0.15) is 17.9 Å². The number of amides is 1. The largest absolute Gasteiger partial charge is 0.485 e. The fourth-order valence-corrected chi connectivity index (χ4v) is 3.40. The second kappa shape index (κ2) is 8.28. The highest BCUT2D eigenvalue weighted by molar-refractivity contribution is 7.99. The first-order chi connectivity index (χ1) is 12.5. The van der Waals surface area contributed by atoms with Gasteiger partial charge in [-0.25, -0.2) is 0 Å². The van der Waals surface area contributed by atoms with Gasteiger partial charge in [0.15, 0.2) is 11.0 Å². The molecule has 2 aromatic heterocycles. The average molecular weight is 390 g/mol. The molecule has 0 saturated heterocycles. The number of aryl methyl sites for hydroxylation is 2. The molecule has 2 heterocycles. The van der Waals surface area contributed by atoms with Crippen LogP contribution in [0.25, 0.3) is 0 Å². The van der Waals surface area contributed by atoms with Crippen molar-refractivity contribution in [2.75, 3.05) is 11.1 Å². The van der Waals surface area contributed by atoms with Crippen molar-refractivity contribution >= 4 is 34.1 Å². The molecule has 0 atom stereocenters. The van der Waals surface area contributed by atoms with Gasteiger partial charge in [-0.3, -0.25) is 10.1 Å². The van der Waals surface area contributed by atoms with Gasteiger partial charge >= 0.3 is 0 Å². The van der Waals surface area contributed by atoms with Gasteiger partial charge in [-0.15, -0.1) is 20.4 Å². The van der Waals surface area contributed by atoms with E-state index in [4.69, 9.17) is 4.74 Å². The zero-order valence-corrected chi connectivity index (χ0v) is 16.2. The number of aromatic nitrogens is 5. The van der Waals surface area contributed by atoms with Crippen molar-refractivity contribution in [3.05, 3.63) is 40.7 Å². The second-order valence-electron chi connectivity index (χ2n) is 5.60. The Labute approximate surface area is 159 Å². The molecule has 0 aliphatic carbocycles. The van der Waals surface area contributed by atoms with Crippen molar-refractivity contribution in [2.24, 2.45) is 7.05 Å². The van der Waals surface area contributed by atoms with Crippen molar-refractivity contribution in [1.82, 2.24) is 25.0 Å². The maximum absolute atomic E-state index is 11.9. The van der Waals surface area contributed by atoms with Gasteiger partial charge in [0.05, 0.1) is 5.75 Å². The molecule has 136 valence electrons. The fraction of sp³-hybridized carbons (Fsp3) is 0.312. The molecule has 8 nitrogen and oxygen atoms in total. The minimum Gasteiger partial charge on any atom is -0.485 e. The Morgan fingerprint density at radius 1 is 1.31 bits per heavy atom. The molecule has 26 heavy (non-hydrogen) atoms. The summed E-state index contributed by atoms with van der Waals surface area (Å²) in [6, 6.07) is 6.04. The minimum atomic E-state index is -0.164. The Bertz CT molecular complexity index is 894. The summed E-state index contributed by atoms with van der Waals surface area (Å²) in [7, 11) is 1.85. The third-order valence-electron chi connectivity index (χ3n) is 3.55. The summed E-state index contributed by atoms with van der Waals surface area (Å²) < 4.78 is 7.67. The number of carbonyl (C=O) groups excluding carboxylic acids is 1. The predicted octanol–water partition coefficient (Wildman–Crippen LogP) is 2.59. The van der Waals surface area contributed by atoms with Crippen molar-refractivity contribution in [3.63, 3.8) is 0 Å². The third kappa shape index (κ3) is 4.58. The van der Waals surface area contributed by atoms with Crippen LogP contribution in [0.2, 0.25) is 0 Å². The second-order valence-corrected chi connectivity index (χ2v) is 7.37. The number of benzene rings is 1. The lowest BCUT2D eigenvalue weighted by Gasteiger charge is -2.09. The third-order valence-corrected chi connectivity index (χ3v) is 5.18. The molecule has 0 aliphatic rings. The van der Waals surface area contributed by atoms with E-state index in [2.05, 4.69) is 31.8 Å². The molecule has 3 aromatic rings. The molecule has 0 saturated carbocycles. The number of thioether (sulfide) groups is 1. The van der Waals surface area contributed by atoms with E-state index < -0.39 is 0 Å². The highest BCUT2D eigenvalue weighted by atomic mass is 32.2. The Morgan fingerprint density at radius 3 is 2.88 bits per heavy atom. The van der Waals surface area contributed by atoms with Crippen LogP contribution in [0.1, 0.15) is 17.0 Å². The van der Waals surface area contributed by atoms with Crippen LogP contribution in [-0.2, 0) is 18.4 Å². The van der Waals surface area contributed by atoms with Crippen molar-refractivity contribution < 1.29 is 9.53 Å². The van der Waals surface area contributed by atoms with E-state index in [1.54, 1.807) is 5.51 Å². The number of hydrogen-bond donors (Lipinski definition) is 1. The summed E-state index contributed by atoms with van der Waals surface area (Å²) in [4.78, 5) is 11.9. The van der Waals surface area contributed by atoms with Crippen LogP contribution < -0.4 is 10.1 Å². The smallest absolute Gasteiger partial charge is 0.236 e. The molecule has 0 spiro atoms.